The number of fused-ring (bicyclic) bond motifs is 1. The average Bonchev–Trinajstić information content (AvgIpc) is 2.98. The minimum Gasteiger partial charge on any atom is -0.288 e. The minimum atomic E-state index is -0.652. The van der Waals surface area contributed by atoms with Crippen molar-refractivity contribution >= 4 is 23.2 Å². The van der Waals surface area contributed by atoms with Crippen molar-refractivity contribution < 1.29 is 10.0 Å². The first-order chi connectivity index (χ1) is 11.3. The van der Waals surface area contributed by atoms with E-state index in [1.54, 1.807) is 23.7 Å². The molecular formula is C17H17ClN4O2. The molecule has 0 saturated carbocycles. The lowest BCUT2D eigenvalue weighted by Crippen LogP contribution is -2.22. The Morgan fingerprint density at radius 3 is 2.46 bits per heavy atom. The molecule has 2 N–H and O–H groups in total. The molecule has 6 nitrogen and oxygen atoms in total. The number of carbonyl (C=O) groups is 1. The van der Waals surface area contributed by atoms with E-state index in [-0.39, 0.29) is 11.1 Å². The van der Waals surface area contributed by atoms with Gasteiger partial charge in [-0.1, -0.05) is 44.5 Å². The first kappa shape index (κ1) is 16.4. The molecule has 0 aliphatic heterocycles. The Labute approximate surface area is 144 Å². The van der Waals surface area contributed by atoms with Gasteiger partial charge in [-0.15, -0.1) is 0 Å². The summed E-state index contributed by atoms with van der Waals surface area (Å²) in [5.41, 5.74) is 4.41. The van der Waals surface area contributed by atoms with E-state index in [9.17, 15) is 4.79 Å². The van der Waals surface area contributed by atoms with Crippen molar-refractivity contribution in [2.45, 2.75) is 26.2 Å². The predicted octanol–water partition coefficient (Wildman–Crippen LogP) is 3.47. The van der Waals surface area contributed by atoms with Crippen molar-refractivity contribution in [3.8, 4) is 11.3 Å². The molecule has 1 aromatic carbocycles. The number of amides is 1. The van der Waals surface area contributed by atoms with E-state index in [0.717, 1.165) is 11.3 Å². The Bertz CT molecular complexity index is 911. The maximum Gasteiger partial charge on any atom is 0.293 e. The van der Waals surface area contributed by atoms with E-state index in [0.29, 0.717) is 16.4 Å². The first-order valence-electron chi connectivity index (χ1n) is 7.41. The van der Waals surface area contributed by atoms with Gasteiger partial charge in [0, 0.05) is 22.1 Å². The fraction of sp³-hybridized carbons (Fsp3) is 0.235. The highest BCUT2D eigenvalue weighted by Gasteiger charge is 2.21. The molecule has 0 spiro atoms. The second kappa shape index (κ2) is 5.89. The number of hydrogen-bond acceptors (Lipinski definition) is 4. The molecular weight excluding hydrogens is 328 g/mol. The average molecular weight is 345 g/mol. The summed E-state index contributed by atoms with van der Waals surface area (Å²) in [5.74, 6) is -0.652. The van der Waals surface area contributed by atoms with Crippen molar-refractivity contribution in [3.05, 3.63) is 52.8 Å². The standard InChI is InChI=1S/C17H17ClN4O2/c1-17(2,3)14-9-15-19-12(10-4-6-11(18)7-5-10)8-13(16(23)21-24)22(15)20-14/h4-9,24H,1-3H3,(H,21,23). The molecule has 2 aromatic heterocycles. The third kappa shape index (κ3) is 2.98. The summed E-state index contributed by atoms with van der Waals surface area (Å²) in [6.07, 6.45) is 0. The number of nitrogens with one attached hydrogen (secondary N) is 1. The molecule has 3 rings (SSSR count). The van der Waals surface area contributed by atoms with E-state index in [2.05, 4.69) is 10.1 Å². The Balaban J connectivity index is 2.25. The third-order valence-electron chi connectivity index (χ3n) is 3.67. The predicted molar refractivity (Wildman–Crippen MR) is 91.4 cm³/mol. The Kier molecular flexibility index (Phi) is 4.03. The van der Waals surface area contributed by atoms with Crippen LogP contribution in [0.4, 0.5) is 0 Å². The van der Waals surface area contributed by atoms with Crippen LogP contribution < -0.4 is 5.48 Å². The molecule has 0 aliphatic rings. The van der Waals surface area contributed by atoms with Gasteiger partial charge in [0.05, 0.1) is 11.4 Å². The van der Waals surface area contributed by atoms with Gasteiger partial charge < -0.3 is 0 Å². The zero-order chi connectivity index (χ0) is 17.5. The van der Waals surface area contributed by atoms with Gasteiger partial charge in [-0.3, -0.25) is 10.0 Å². The Morgan fingerprint density at radius 2 is 1.88 bits per heavy atom. The summed E-state index contributed by atoms with van der Waals surface area (Å²) in [6.45, 7) is 6.09. The highest BCUT2D eigenvalue weighted by atomic mass is 35.5. The summed E-state index contributed by atoms with van der Waals surface area (Å²) in [4.78, 5) is 16.6. The highest BCUT2D eigenvalue weighted by molar-refractivity contribution is 6.30. The number of hydroxylamine groups is 1. The number of benzene rings is 1. The zero-order valence-corrected chi connectivity index (χ0v) is 14.3. The molecule has 0 unspecified atom stereocenters. The van der Waals surface area contributed by atoms with E-state index < -0.39 is 5.91 Å². The molecule has 124 valence electrons. The van der Waals surface area contributed by atoms with Gasteiger partial charge in [0.25, 0.3) is 5.91 Å². The molecule has 0 saturated heterocycles. The lowest BCUT2D eigenvalue weighted by Gasteiger charge is -2.13. The molecule has 0 aliphatic carbocycles. The van der Waals surface area contributed by atoms with Gasteiger partial charge >= 0.3 is 0 Å². The van der Waals surface area contributed by atoms with E-state index in [1.165, 1.54) is 4.52 Å². The van der Waals surface area contributed by atoms with E-state index >= 15 is 0 Å². The highest BCUT2D eigenvalue weighted by Crippen LogP contribution is 2.25. The molecule has 2 heterocycles. The molecule has 0 radical (unpaired) electrons. The molecule has 0 atom stereocenters. The van der Waals surface area contributed by atoms with Crippen LogP contribution >= 0.6 is 11.6 Å². The van der Waals surface area contributed by atoms with Crippen LogP contribution in [0.3, 0.4) is 0 Å². The second-order valence-electron chi connectivity index (χ2n) is 6.52. The quantitative estimate of drug-likeness (QED) is 0.551. The SMILES string of the molecule is CC(C)(C)c1cc2nc(-c3ccc(Cl)cc3)cc(C(=O)NO)n2n1. The fourth-order valence-electron chi connectivity index (χ4n) is 2.33. The maximum absolute atomic E-state index is 12.1. The van der Waals surface area contributed by atoms with Gasteiger partial charge in [-0.05, 0) is 18.2 Å². The van der Waals surface area contributed by atoms with Crippen molar-refractivity contribution in [3.63, 3.8) is 0 Å². The van der Waals surface area contributed by atoms with Crippen LogP contribution in [0, 0.1) is 0 Å². The van der Waals surface area contributed by atoms with Gasteiger partial charge in [-0.25, -0.2) is 15.0 Å². The normalized spacial score (nSPS) is 11.7. The summed E-state index contributed by atoms with van der Waals surface area (Å²) in [6, 6.07) is 10.6. The van der Waals surface area contributed by atoms with Crippen LogP contribution in [-0.4, -0.2) is 25.7 Å². The van der Waals surface area contributed by atoms with Crippen molar-refractivity contribution in [1.29, 1.82) is 0 Å². The zero-order valence-electron chi connectivity index (χ0n) is 13.5. The second-order valence-corrected chi connectivity index (χ2v) is 6.96. The van der Waals surface area contributed by atoms with Crippen molar-refractivity contribution in [1.82, 2.24) is 20.1 Å². The number of hydrogen-bond donors (Lipinski definition) is 2. The van der Waals surface area contributed by atoms with Crippen molar-refractivity contribution in [2.24, 2.45) is 0 Å². The van der Waals surface area contributed by atoms with Gasteiger partial charge in [0.15, 0.2) is 5.65 Å². The van der Waals surface area contributed by atoms with Crippen LogP contribution in [0.1, 0.15) is 37.0 Å². The van der Waals surface area contributed by atoms with Crippen LogP contribution in [0.2, 0.25) is 5.02 Å². The molecule has 7 heteroatoms. The van der Waals surface area contributed by atoms with Crippen molar-refractivity contribution in [2.75, 3.05) is 0 Å². The van der Waals surface area contributed by atoms with Crippen LogP contribution in [0.5, 0.6) is 0 Å². The van der Waals surface area contributed by atoms with Gasteiger partial charge in [-0.2, -0.15) is 5.10 Å². The molecule has 1 amide bonds. The topological polar surface area (TPSA) is 79.5 Å². The number of halogens is 1. The fourth-order valence-corrected chi connectivity index (χ4v) is 2.45. The minimum absolute atomic E-state index is 0.193. The molecule has 0 fully saturated rings. The third-order valence-corrected chi connectivity index (χ3v) is 3.92. The number of carbonyl (C=O) groups excluding carboxylic acids is 1. The maximum atomic E-state index is 12.1. The van der Waals surface area contributed by atoms with Crippen LogP contribution in [0.25, 0.3) is 16.9 Å². The summed E-state index contributed by atoms with van der Waals surface area (Å²) in [7, 11) is 0. The first-order valence-corrected chi connectivity index (χ1v) is 7.79. The molecule has 24 heavy (non-hydrogen) atoms. The lowest BCUT2D eigenvalue weighted by molar-refractivity contribution is 0.0698. The van der Waals surface area contributed by atoms with Gasteiger partial charge in [0.2, 0.25) is 0 Å². The summed E-state index contributed by atoms with van der Waals surface area (Å²) < 4.78 is 1.44. The Hall–Kier alpha value is -2.44. The van der Waals surface area contributed by atoms with Crippen LogP contribution in [0.15, 0.2) is 36.4 Å². The number of nitrogens with zero attached hydrogens (tertiary/aromatic N) is 3. The number of rotatable bonds is 2. The summed E-state index contributed by atoms with van der Waals surface area (Å²) in [5, 5.41) is 14.1. The monoisotopic (exact) mass is 344 g/mol. The smallest absolute Gasteiger partial charge is 0.288 e. The lowest BCUT2D eigenvalue weighted by atomic mass is 9.93. The van der Waals surface area contributed by atoms with Crippen LogP contribution in [-0.2, 0) is 5.41 Å². The molecule has 3 aromatic rings. The van der Waals surface area contributed by atoms with E-state index in [1.807, 2.05) is 39.0 Å². The van der Waals surface area contributed by atoms with E-state index in [4.69, 9.17) is 16.8 Å². The Morgan fingerprint density at radius 1 is 1.21 bits per heavy atom. The number of aromatic nitrogens is 3. The molecule has 0 bridgehead atoms. The van der Waals surface area contributed by atoms with Gasteiger partial charge in [0.1, 0.15) is 5.69 Å². The summed E-state index contributed by atoms with van der Waals surface area (Å²) >= 11 is 5.92. The largest absolute Gasteiger partial charge is 0.293 e.